The Morgan fingerprint density at radius 2 is 1.71 bits per heavy atom. The average Bonchev–Trinajstić information content (AvgIpc) is 2.76. The van der Waals surface area contributed by atoms with Gasteiger partial charge >= 0.3 is 0 Å². The standard InChI is InChI=1S/C15H29NO/c1-15(2,3)13-6-4-11(5-7-13)14-12(10-16)8-9-17-14/h11-14H,4-10,16H2,1-3H3. The zero-order chi connectivity index (χ0) is 12.5. The van der Waals surface area contributed by atoms with Crippen molar-refractivity contribution >= 4 is 0 Å². The van der Waals surface area contributed by atoms with Crippen LogP contribution >= 0.6 is 0 Å². The van der Waals surface area contributed by atoms with Gasteiger partial charge in [-0.15, -0.1) is 0 Å². The van der Waals surface area contributed by atoms with Crippen LogP contribution < -0.4 is 5.73 Å². The average molecular weight is 239 g/mol. The molecule has 2 unspecified atom stereocenters. The third-order valence-corrected chi connectivity index (χ3v) is 5.03. The fourth-order valence-electron chi connectivity index (χ4n) is 3.74. The fourth-order valence-corrected chi connectivity index (χ4v) is 3.74. The molecule has 0 amide bonds. The van der Waals surface area contributed by atoms with Gasteiger partial charge in [-0.3, -0.25) is 0 Å². The van der Waals surface area contributed by atoms with Crippen LogP contribution in [-0.2, 0) is 4.74 Å². The molecule has 100 valence electrons. The van der Waals surface area contributed by atoms with Gasteiger partial charge in [0.15, 0.2) is 0 Å². The van der Waals surface area contributed by atoms with E-state index < -0.39 is 0 Å². The van der Waals surface area contributed by atoms with Crippen molar-refractivity contribution in [3.63, 3.8) is 0 Å². The molecule has 0 bridgehead atoms. The summed E-state index contributed by atoms with van der Waals surface area (Å²) in [5.74, 6) is 2.31. The molecule has 0 aromatic heterocycles. The van der Waals surface area contributed by atoms with Crippen molar-refractivity contribution < 1.29 is 4.74 Å². The highest BCUT2D eigenvalue weighted by molar-refractivity contribution is 4.88. The highest BCUT2D eigenvalue weighted by Crippen LogP contribution is 2.43. The SMILES string of the molecule is CC(C)(C)C1CCC(C2OCCC2CN)CC1. The van der Waals surface area contributed by atoms with Gasteiger partial charge in [-0.2, -0.15) is 0 Å². The van der Waals surface area contributed by atoms with Crippen LogP contribution in [0, 0.1) is 23.2 Å². The molecule has 17 heavy (non-hydrogen) atoms. The lowest BCUT2D eigenvalue weighted by Gasteiger charge is -2.39. The Morgan fingerprint density at radius 1 is 1.06 bits per heavy atom. The van der Waals surface area contributed by atoms with Gasteiger partial charge in [0.25, 0.3) is 0 Å². The quantitative estimate of drug-likeness (QED) is 0.803. The Balaban J connectivity index is 1.86. The van der Waals surface area contributed by atoms with E-state index in [1.165, 1.54) is 32.1 Å². The van der Waals surface area contributed by atoms with Gasteiger partial charge < -0.3 is 10.5 Å². The summed E-state index contributed by atoms with van der Waals surface area (Å²) in [7, 11) is 0. The summed E-state index contributed by atoms with van der Waals surface area (Å²) >= 11 is 0. The van der Waals surface area contributed by atoms with Gasteiger partial charge in [0.1, 0.15) is 0 Å². The minimum atomic E-state index is 0.473. The van der Waals surface area contributed by atoms with E-state index in [0.29, 0.717) is 17.4 Å². The highest BCUT2D eigenvalue weighted by atomic mass is 16.5. The first kappa shape index (κ1) is 13.4. The van der Waals surface area contributed by atoms with Crippen molar-refractivity contribution in [3.8, 4) is 0 Å². The summed E-state index contributed by atoms with van der Waals surface area (Å²) in [4.78, 5) is 0. The minimum Gasteiger partial charge on any atom is -0.378 e. The van der Waals surface area contributed by atoms with Crippen molar-refractivity contribution in [1.29, 1.82) is 0 Å². The lowest BCUT2D eigenvalue weighted by molar-refractivity contribution is 0.0117. The molecule has 2 fully saturated rings. The maximum atomic E-state index is 5.94. The normalized spacial score (nSPS) is 39.5. The topological polar surface area (TPSA) is 35.2 Å². The molecule has 1 heterocycles. The van der Waals surface area contributed by atoms with Gasteiger partial charge in [-0.1, -0.05) is 20.8 Å². The summed E-state index contributed by atoms with van der Waals surface area (Å²) in [6.07, 6.45) is 7.12. The molecule has 2 rings (SSSR count). The van der Waals surface area contributed by atoms with Crippen LogP contribution in [-0.4, -0.2) is 19.3 Å². The van der Waals surface area contributed by atoms with Crippen LogP contribution in [0.1, 0.15) is 52.9 Å². The Labute approximate surface area is 106 Å². The van der Waals surface area contributed by atoms with Gasteiger partial charge in [-0.25, -0.2) is 0 Å². The largest absolute Gasteiger partial charge is 0.378 e. The van der Waals surface area contributed by atoms with Gasteiger partial charge in [-0.05, 0) is 61.8 Å². The van der Waals surface area contributed by atoms with Crippen LogP contribution in [0.3, 0.4) is 0 Å². The first-order valence-corrected chi connectivity index (χ1v) is 7.34. The summed E-state index contributed by atoms with van der Waals surface area (Å²) in [6, 6.07) is 0. The fraction of sp³-hybridized carbons (Fsp3) is 1.00. The van der Waals surface area contributed by atoms with Crippen molar-refractivity contribution in [1.82, 2.24) is 0 Å². The monoisotopic (exact) mass is 239 g/mol. The molecule has 2 N–H and O–H groups in total. The van der Waals surface area contributed by atoms with Crippen LogP contribution in [0.5, 0.6) is 0 Å². The van der Waals surface area contributed by atoms with Gasteiger partial charge in [0.2, 0.25) is 0 Å². The molecule has 1 aliphatic heterocycles. The maximum Gasteiger partial charge on any atom is 0.0644 e. The van der Waals surface area contributed by atoms with Crippen LogP contribution in [0.15, 0.2) is 0 Å². The Morgan fingerprint density at radius 3 is 2.24 bits per heavy atom. The lowest BCUT2D eigenvalue weighted by Crippen LogP contribution is -2.35. The van der Waals surface area contributed by atoms with E-state index in [1.807, 2.05) is 0 Å². The van der Waals surface area contributed by atoms with Crippen molar-refractivity contribution in [2.75, 3.05) is 13.2 Å². The molecule has 0 aromatic rings. The van der Waals surface area contributed by atoms with E-state index >= 15 is 0 Å². The Hall–Kier alpha value is -0.0800. The second-order valence-corrected chi connectivity index (χ2v) is 7.10. The molecule has 0 radical (unpaired) electrons. The molecular formula is C15H29NO. The molecule has 1 aliphatic carbocycles. The zero-order valence-electron chi connectivity index (χ0n) is 11.7. The second-order valence-electron chi connectivity index (χ2n) is 7.10. The predicted molar refractivity (Wildman–Crippen MR) is 71.8 cm³/mol. The molecule has 2 aliphatic rings. The summed E-state index contributed by atoms with van der Waals surface area (Å²) in [6.45, 7) is 8.89. The highest BCUT2D eigenvalue weighted by Gasteiger charge is 2.38. The van der Waals surface area contributed by atoms with E-state index in [0.717, 1.165) is 25.0 Å². The molecule has 1 saturated carbocycles. The predicted octanol–water partition coefficient (Wildman–Crippen LogP) is 3.20. The molecule has 1 saturated heterocycles. The van der Waals surface area contributed by atoms with Crippen molar-refractivity contribution in [2.45, 2.75) is 59.0 Å². The lowest BCUT2D eigenvalue weighted by atomic mass is 9.68. The van der Waals surface area contributed by atoms with E-state index in [2.05, 4.69) is 20.8 Å². The summed E-state index contributed by atoms with van der Waals surface area (Å²) in [5.41, 5.74) is 6.33. The van der Waals surface area contributed by atoms with Crippen LogP contribution in [0.2, 0.25) is 0 Å². The second kappa shape index (κ2) is 5.27. The third kappa shape index (κ3) is 3.03. The van der Waals surface area contributed by atoms with Crippen LogP contribution in [0.25, 0.3) is 0 Å². The van der Waals surface area contributed by atoms with E-state index in [9.17, 15) is 0 Å². The molecule has 0 spiro atoms. The maximum absolute atomic E-state index is 5.94. The number of nitrogens with two attached hydrogens (primary N) is 1. The van der Waals surface area contributed by atoms with Gasteiger partial charge in [0, 0.05) is 6.61 Å². The number of rotatable bonds is 2. The van der Waals surface area contributed by atoms with Gasteiger partial charge in [0.05, 0.1) is 6.10 Å². The third-order valence-electron chi connectivity index (χ3n) is 5.03. The summed E-state index contributed by atoms with van der Waals surface area (Å²) < 4.78 is 5.94. The number of hydrogen-bond donors (Lipinski definition) is 1. The molecular weight excluding hydrogens is 210 g/mol. The van der Waals surface area contributed by atoms with Crippen molar-refractivity contribution in [3.05, 3.63) is 0 Å². The van der Waals surface area contributed by atoms with Crippen LogP contribution in [0.4, 0.5) is 0 Å². The number of ether oxygens (including phenoxy) is 1. The van der Waals surface area contributed by atoms with Crippen molar-refractivity contribution in [2.24, 2.45) is 28.9 Å². The minimum absolute atomic E-state index is 0.473. The van der Waals surface area contributed by atoms with E-state index in [-0.39, 0.29) is 0 Å². The molecule has 2 heteroatoms. The Bertz CT molecular complexity index is 238. The van der Waals surface area contributed by atoms with E-state index in [1.54, 1.807) is 0 Å². The van der Waals surface area contributed by atoms with E-state index in [4.69, 9.17) is 10.5 Å². The number of hydrogen-bond acceptors (Lipinski definition) is 2. The first-order chi connectivity index (χ1) is 8.02. The first-order valence-electron chi connectivity index (χ1n) is 7.34. The molecule has 2 nitrogen and oxygen atoms in total. The smallest absolute Gasteiger partial charge is 0.0644 e. The Kier molecular flexibility index (Phi) is 4.14. The zero-order valence-corrected chi connectivity index (χ0v) is 11.7. The summed E-state index contributed by atoms with van der Waals surface area (Å²) in [5, 5.41) is 0. The molecule has 0 aromatic carbocycles. The molecule has 2 atom stereocenters.